The molecule has 1 aliphatic carbocycles. The summed E-state index contributed by atoms with van der Waals surface area (Å²) in [5.41, 5.74) is 3.23. The van der Waals surface area contributed by atoms with E-state index in [-0.39, 0.29) is 5.56 Å². The van der Waals surface area contributed by atoms with E-state index in [0.717, 1.165) is 40.8 Å². The first kappa shape index (κ1) is 23.0. The number of ether oxygens (including phenoxy) is 2. The summed E-state index contributed by atoms with van der Waals surface area (Å²) < 4.78 is 11.9. The molecule has 0 saturated heterocycles. The number of hydrogen-bond acceptors (Lipinski definition) is 6. The normalized spacial score (nSPS) is 13.1. The van der Waals surface area contributed by atoms with Crippen LogP contribution in [0.2, 0.25) is 0 Å². The Morgan fingerprint density at radius 2 is 1.88 bits per heavy atom. The monoisotopic (exact) mass is 492 g/mol. The molecule has 34 heavy (non-hydrogen) atoms. The lowest BCUT2D eigenvalue weighted by Crippen LogP contribution is -2.11. The van der Waals surface area contributed by atoms with Crippen molar-refractivity contribution in [2.75, 3.05) is 19.0 Å². The second-order valence-electron chi connectivity index (χ2n) is 8.41. The number of H-pyrrole nitrogens is 1. The summed E-state index contributed by atoms with van der Waals surface area (Å²) in [4.78, 5) is 24.2. The fourth-order valence-electron chi connectivity index (χ4n) is 4.29. The van der Waals surface area contributed by atoms with Crippen molar-refractivity contribution in [3.8, 4) is 22.9 Å². The van der Waals surface area contributed by atoms with Crippen molar-refractivity contribution < 1.29 is 9.47 Å². The molecule has 0 saturated carbocycles. The Kier molecular flexibility index (Phi) is 6.92. The molecule has 5 nitrogen and oxygen atoms in total. The first-order chi connectivity index (χ1) is 16.6. The predicted molar refractivity (Wildman–Crippen MR) is 141 cm³/mol. The van der Waals surface area contributed by atoms with Gasteiger partial charge in [-0.3, -0.25) is 4.79 Å². The molecule has 0 unspecified atom stereocenters. The highest BCUT2D eigenvalue weighted by atomic mass is 32.2. The number of nitrogens with zero attached hydrogens (tertiary/aromatic N) is 1. The van der Waals surface area contributed by atoms with E-state index in [0.29, 0.717) is 30.5 Å². The molecule has 0 atom stereocenters. The quantitative estimate of drug-likeness (QED) is 0.227. The van der Waals surface area contributed by atoms with Crippen LogP contribution in [0, 0.1) is 6.92 Å². The summed E-state index contributed by atoms with van der Waals surface area (Å²) in [7, 11) is 0. The number of aromatic amines is 1. The highest BCUT2D eigenvalue weighted by Crippen LogP contribution is 2.36. The van der Waals surface area contributed by atoms with Crippen LogP contribution in [-0.4, -0.2) is 28.9 Å². The van der Waals surface area contributed by atoms with E-state index in [2.05, 4.69) is 36.2 Å². The minimum atomic E-state index is -0.0502. The SMILES string of the molecule is CCOc1cc(-c2nc3sc4c(c3c(=O)[nH]2)CCCC4)ccc1OCCSc1ccc(C)cc1. The molecule has 4 aromatic rings. The molecule has 0 radical (unpaired) electrons. The zero-order chi connectivity index (χ0) is 23.5. The summed E-state index contributed by atoms with van der Waals surface area (Å²) >= 11 is 3.43. The predicted octanol–water partition coefficient (Wildman–Crippen LogP) is 6.41. The summed E-state index contributed by atoms with van der Waals surface area (Å²) in [5.74, 6) is 2.77. The van der Waals surface area contributed by atoms with Crippen LogP contribution in [-0.2, 0) is 12.8 Å². The van der Waals surface area contributed by atoms with Crippen molar-refractivity contribution in [3.05, 3.63) is 68.8 Å². The largest absolute Gasteiger partial charge is 0.490 e. The number of rotatable bonds is 8. The van der Waals surface area contributed by atoms with Crippen LogP contribution in [0.15, 0.2) is 52.2 Å². The van der Waals surface area contributed by atoms with Crippen molar-refractivity contribution >= 4 is 33.3 Å². The van der Waals surface area contributed by atoms with Gasteiger partial charge in [0.2, 0.25) is 0 Å². The van der Waals surface area contributed by atoms with Gasteiger partial charge in [-0.1, -0.05) is 17.7 Å². The van der Waals surface area contributed by atoms with Crippen LogP contribution in [0.25, 0.3) is 21.6 Å². The van der Waals surface area contributed by atoms with Gasteiger partial charge in [-0.15, -0.1) is 23.1 Å². The molecule has 0 aliphatic heterocycles. The van der Waals surface area contributed by atoms with Gasteiger partial charge >= 0.3 is 0 Å². The molecule has 1 aliphatic rings. The van der Waals surface area contributed by atoms with Crippen LogP contribution in [0.4, 0.5) is 0 Å². The molecule has 2 heterocycles. The Morgan fingerprint density at radius 1 is 1.06 bits per heavy atom. The Bertz CT molecular complexity index is 1360. The molecule has 0 spiro atoms. The van der Waals surface area contributed by atoms with Crippen LogP contribution < -0.4 is 15.0 Å². The molecule has 0 bridgehead atoms. The van der Waals surface area contributed by atoms with E-state index in [1.807, 2.05) is 25.1 Å². The molecule has 2 aromatic heterocycles. The van der Waals surface area contributed by atoms with Gasteiger partial charge in [-0.2, -0.15) is 0 Å². The van der Waals surface area contributed by atoms with Gasteiger partial charge in [0.15, 0.2) is 11.5 Å². The lowest BCUT2D eigenvalue weighted by molar-refractivity contribution is 0.289. The van der Waals surface area contributed by atoms with Gasteiger partial charge in [-0.25, -0.2) is 4.98 Å². The Hall–Kier alpha value is -2.77. The van der Waals surface area contributed by atoms with Gasteiger partial charge in [0, 0.05) is 21.1 Å². The third-order valence-corrected chi connectivity index (χ3v) is 8.13. The Morgan fingerprint density at radius 3 is 2.71 bits per heavy atom. The Labute approximate surface area is 207 Å². The van der Waals surface area contributed by atoms with Crippen molar-refractivity contribution in [3.63, 3.8) is 0 Å². The van der Waals surface area contributed by atoms with E-state index in [1.165, 1.54) is 27.3 Å². The lowest BCUT2D eigenvalue weighted by atomic mass is 9.97. The zero-order valence-electron chi connectivity index (χ0n) is 19.5. The number of benzene rings is 2. The Balaban J connectivity index is 1.34. The average Bonchev–Trinajstić information content (AvgIpc) is 3.23. The summed E-state index contributed by atoms with van der Waals surface area (Å²) in [6, 6.07) is 14.3. The molecule has 0 fully saturated rings. The first-order valence-corrected chi connectivity index (χ1v) is 13.6. The third kappa shape index (κ3) is 4.86. The van der Waals surface area contributed by atoms with E-state index < -0.39 is 0 Å². The van der Waals surface area contributed by atoms with Gasteiger partial charge in [0.25, 0.3) is 5.56 Å². The van der Waals surface area contributed by atoms with Crippen LogP contribution in [0.1, 0.15) is 35.8 Å². The minimum Gasteiger partial charge on any atom is -0.490 e. The minimum absolute atomic E-state index is 0.0502. The maximum atomic E-state index is 12.9. The molecular formula is C27H28N2O3S2. The highest BCUT2D eigenvalue weighted by Gasteiger charge is 2.20. The molecule has 7 heteroatoms. The highest BCUT2D eigenvalue weighted by molar-refractivity contribution is 7.99. The van der Waals surface area contributed by atoms with E-state index in [9.17, 15) is 4.79 Å². The van der Waals surface area contributed by atoms with Crippen LogP contribution >= 0.6 is 23.1 Å². The second-order valence-corrected chi connectivity index (χ2v) is 10.7. The summed E-state index contributed by atoms with van der Waals surface area (Å²) in [5, 5.41) is 0.777. The fourth-order valence-corrected chi connectivity index (χ4v) is 6.28. The van der Waals surface area contributed by atoms with E-state index >= 15 is 0 Å². The van der Waals surface area contributed by atoms with Gasteiger partial charge in [0.05, 0.1) is 18.6 Å². The number of nitrogens with one attached hydrogen (secondary N) is 1. The topological polar surface area (TPSA) is 64.2 Å². The maximum Gasteiger partial charge on any atom is 0.260 e. The number of thiophene rings is 1. The molecular weight excluding hydrogens is 464 g/mol. The average molecular weight is 493 g/mol. The number of aryl methyl sites for hydroxylation is 3. The standard InChI is InChI=1S/C27H28N2O3S2/c1-3-31-22-16-18(10-13-21(22)32-14-15-33-19-11-8-17(2)9-12-19)25-28-26(30)24-20-6-4-5-7-23(20)34-27(24)29-25/h8-13,16H,3-7,14-15H2,1-2H3,(H,28,29,30). The summed E-state index contributed by atoms with van der Waals surface area (Å²) in [6.45, 7) is 5.14. The van der Waals surface area contributed by atoms with Gasteiger partial charge in [-0.05, 0) is 75.4 Å². The molecule has 176 valence electrons. The van der Waals surface area contributed by atoms with Crippen LogP contribution in [0.3, 0.4) is 0 Å². The number of aromatic nitrogens is 2. The third-order valence-electron chi connectivity index (χ3n) is 5.97. The van der Waals surface area contributed by atoms with Crippen molar-refractivity contribution in [2.24, 2.45) is 0 Å². The maximum absolute atomic E-state index is 12.9. The smallest absolute Gasteiger partial charge is 0.260 e. The molecule has 0 amide bonds. The second kappa shape index (κ2) is 10.2. The number of hydrogen-bond donors (Lipinski definition) is 1. The lowest BCUT2D eigenvalue weighted by Gasteiger charge is -2.13. The van der Waals surface area contributed by atoms with E-state index in [1.54, 1.807) is 23.1 Å². The van der Waals surface area contributed by atoms with Crippen molar-refractivity contribution in [1.82, 2.24) is 9.97 Å². The van der Waals surface area contributed by atoms with Crippen molar-refractivity contribution in [2.45, 2.75) is 44.4 Å². The molecule has 1 N–H and O–H groups in total. The number of thioether (sulfide) groups is 1. The first-order valence-electron chi connectivity index (χ1n) is 11.8. The van der Waals surface area contributed by atoms with Crippen molar-refractivity contribution in [1.29, 1.82) is 0 Å². The van der Waals surface area contributed by atoms with E-state index in [4.69, 9.17) is 14.5 Å². The molecule has 5 rings (SSSR count). The number of fused-ring (bicyclic) bond motifs is 3. The van der Waals surface area contributed by atoms with Crippen LogP contribution in [0.5, 0.6) is 11.5 Å². The van der Waals surface area contributed by atoms with Gasteiger partial charge < -0.3 is 14.5 Å². The molecule has 2 aromatic carbocycles. The van der Waals surface area contributed by atoms with Gasteiger partial charge in [0.1, 0.15) is 10.7 Å². The zero-order valence-corrected chi connectivity index (χ0v) is 21.1. The fraction of sp³-hybridized carbons (Fsp3) is 0.333. The summed E-state index contributed by atoms with van der Waals surface area (Å²) in [6.07, 6.45) is 4.35.